The van der Waals surface area contributed by atoms with Gasteiger partial charge in [0.05, 0.1) is 45.2 Å². The van der Waals surface area contributed by atoms with Gasteiger partial charge in [0.1, 0.15) is 171 Å². The third-order valence-electron chi connectivity index (χ3n) is 16.2. The molecule has 516 valence electrons. The van der Waals surface area contributed by atoms with Crippen LogP contribution in [0.15, 0.2) is 0 Å². The molecule has 21 heterocycles. The Morgan fingerprint density at radius 2 is 0.438 bits per heavy atom. The second-order valence-corrected chi connectivity index (χ2v) is 24.4. The van der Waals surface area contributed by atoms with Gasteiger partial charge in [0.15, 0.2) is 44.0 Å². The summed E-state index contributed by atoms with van der Waals surface area (Å²) in [6, 6.07) is -2.94. The van der Waals surface area contributed by atoms with Crippen LogP contribution in [0.2, 0.25) is 0 Å². The van der Waals surface area contributed by atoms with Crippen LogP contribution in [0.5, 0.6) is 0 Å². The molecule has 21 aliphatic heterocycles. The summed E-state index contributed by atoms with van der Waals surface area (Å²) < 4.78 is 81.6. The third kappa shape index (κ3) is 15.9. The summed E-state index contributed by atoms with van der Waals surface area (Å²) >= 11 is 1.60. The molecular formula is C48H80N2O37S2. The van der Waals surface area contributed by atoms with Crippen molar-refractivity contribution in [1.29, 1.82) is 0 Å². The molecule has 0 aliphatic carbocycles. The minimum absolute atomic E-state index is 0.319. The van der Waals surface area contributed by atoms with Crippen LogP contribution in [-0.4, -0.2) is 402 Å². The van der Waals surface area contributed by atoms with E-state index in [1.54, 1.807) is 0 Å². The average Bonchev–Trinajstić information content (AvgIpc) is 0.983. The Bertz CT molecular complexity index is 2200. The minimum atomic E-state index is -2.27. The molecule has 0 amide bonds. The Labute approximate surface area is 511 Å². The summed E-state index contributed by atoms with van der Waals surface area (Å²) in [5.74, 6) is -4.26. The maximum Gasteiger partial charge on any atom is 0.321 e. The van der Waals surface area contributed by atoms with Crippen LogP contribution in [0.1, 0.15) is 0 Å². The fourth-order valence-electron chi connectivity index (χ4n) is 11.2. The first-order valence-electron chi connectivity index (χ1n) is 28.1. The molecule has 21 saturated heterocycles. The van der Waals surface area contributed by atoms with Gasteiger partial charge in [-0.05, 0) is 0 Å². The predicted octanol–water partition coefficient (Wildman–Crippen LogP) is -14.9. The van der Waals surface area contributed by atoms with Gasteiger partial charge < -0.3 is 185 Å². The zero-order valence-electron chi connectivity index (χ0n) is 46.6. The smallest absolute Gasteiger partial charge is 0.321 e. The predicted molar refractivity (Wildman–Crippen MR) is 280 cm³/mol. The standard InChI is InChI=1S/C48H80N2O37S2/c49-10(40(70)71)6-88-8-17-38-25(62)32(69)48(80-17)85-37-16(5-55)76-44(28(65)21(37)58)83-35-14(3-53)78-46(30(67)23(35)60)87-39-18(9-89-7-11(50)41(72)73)79-47(31(68)24(39)61)84-36-15(4-54)75-43(27(64)20(36)57)81-33-12(1-51)74-42(26(63)19(33)56)82-34-13(2-52)77-45(86-38)29(66)22(34)59/h10-39,42-48,51-69H,1-9,49-50H2,(H,70,71)(H,72,73)/t10?,11?,12?,13?,14?,15?,16?,17?,18?,19-,20-,21-,22-,23-,24-,25-,26?,27?,28?,29?,30?,31?,32?,33-,34-,35-,36-,37-,38-,39-,42-,43-,44+,45-,46+,47+,48-/m1/s1. The lowest BCUT2D eigenvalue weighted by Gasteiger charge is -2.50. The first kappa shape index (κ1) is 73.1. The number of nitrogens with two attached hydrogens (primary N) is 2. The number of rotatable bonds is 15. The lowest BCUT2D eigenvalue weighted by Crippen LogP contribution is -2.68. The first-order valence-corrected chi connectivity index (χ1v) is 30.4. The van der Waals surface area contributed by atoms with Crippen LogP contribution in [0, 0.1) is 0 Å². The van der Waals surface area contributed by atoms with Gasteiger partial charge in [0.2, 0.25) is 0 Å². The van der Waals surface area contributed by atoms with E-state index in [4.69, 9.17) is 77.8 Å². The average molecular weight is 1340 g/mol. The second-order valence-electron chi connectivity index (χ2n) is 22.3. The molecular weight excluding hydrogens is 1260 g/mol. The summed E-state index contributed by atoms with van der Waals surface area (Å²) in [6.45, 7) is -5.43. The lowest BCUT2D eigenvalue weighted by molar-refractivity contribution is -0.395. The van der Waals surface area contributed by atoms with Crippen LogP contribution in [0.4, 0.5) is 0 Å². The zero-order valence-corrected chi connectivity index (χ0v) is 48.3. The molecule has 0 saturated carbocycles. The van der Waals surface area contributed by atoms with E-state index in [-0.39, 0.29) is 11.5 Å². The number of thioether (sulfide) groups is 2. The van der Waals surface area contributed by atoms with Gasteiger partial charge in [0, 0.05) is 23.0 Å². The molecule has 16 unspecified atom stereocenters. The molecule has 0 radical (unpaired) electrons. The van der Waals surface area contributed by atoms with Gasteiger partial charge in [0.25, 0.3) is 0 Å². The molecule has 39 nitrogen and oxygen atoms in total. The lowest BCUT2D eigenvalue weighted by atomic mass is 9.95. The molecule has 21 rings (SSSR count). The highest BCUT2D eigenvalue weighted by molar-refractivity contribution is 7.99. The van der Waals surface area contributed by atoms with E-state index in [2.05, 4.69) is 0 Å². The summed E-state index contributed by atoms with van der Waals surface area (Å²) in [5, 5.41) is 233. The van der Waals surface area contributed by atoms with Gasteiger partial charge in [-0.15, -0.1) is 0 Å². The Morgan fingerprint density at radius 3 is 0.596 bits per heavy atom. The number of aliphatic hydroxyl groups is 19. The molecule has 0 aromatic rings. The quantitative estimate of drug-likeness (QED) is 0.0724. The van der Waals surface area contributed by atoms with E-state index in [0.29, 0.717) is 0 Å². The fourth-order valence-corrected chi connectivity index (χ4v) is 13.2. The molecule has 0 aromatic heterocycles. The second kappa shape index (κ2) is 31.9. The van der Waals surface area contributed by atoms with Gasteiger partial charge in [-0.2, -0.15) is 23.5 Å². The number of carboxylic acid groups (broad SMARTS) is 2. The topological polar surface area (TPSA) is 640 Å². The highest BCUT2D eigenvalue weighted by Crippen LogP contribution is 2.40. The van der Waals surface area contributed by atoms with E-state index in [1.165, 1.54) is 0 Å². The number of carbonyl (C=O) groups is 2. The SMILES string of the molecule is NC(CSCC1O[C@@H]2O[C@@H]3C(CO)O[C@@H](O[C@@H]4C(CO)O[C@@H](O[C@@H]5C(CSCC(N)C(=O)O)O[C@@H](O[C@@H]6C(CO)O[C@H](O[C@@H]7C(CO)O[C@H](O[C@@H]8C(CO)O[C@H](O[C@H]1[C@H](O)C2O)C(O)[C@H]8O)C(O)[C@H]7O)C(O)[C@H]6O)C(O)[C@H]5O)C(O)[C@H]4O)C(O)[C@H]3O)C(=O)O. The van der Waals surface area contributed by atoms with Crippen molar-refractivity contribution < 1.29 is 183 Å². The maximum absolute atomic E-state index is 11.7. The number of hydrogen-bond donors (Lipinski definition) is 23. The van der Waals surface area contributed by atoms with Crippen molar-refractivity contribution in [2.45, 2.75) is 227 Å². The fraction of sp³-hybridized carbons (Fsp3) is 0.958. The Morgan fingerprint density at radius 1 is 0.281 bits per heavy atom. The number of aliphatic carboxylic acids is 2. The molecule has 21 aliphatic rings. The largest absolute Gasteiger partial charge is 0.480 e. The summed E-state index contributed by atoms with van der Waals surface area (Å²) in [4.78, 5) is 23.2. The van der Waals surface area contributed by atoms with Crippen molar-refractivity contribution in [3.05, 3.63) is 0 Å². The van der Waals surface area contributed by atoms with Crippen LogP contribution < -0.4 is 11.5 Å². The van der Waals surface area contributed by atoms with Crippen LogP contribution in [-0.2, 0) is 75.9 Å². The Balaban J connectivity index is 1.11. The summed E-state index contributed by atoms with van der Waals surface area (Å²) in [5.41, 5.74) is 11.4. The zero-order chi connectivity index (χ0) is 65.2. The third-order valence-corrected chi connectivity index (χ3v) is 18.5. The Hall–Kier alpha value is -1.76. The molecule has 0 aromatic carbocycles. The van der Waals surface area contributed by atoms with Gasteiger partial charge in [-0.1, -0.05) is 0 Å². The van der Waals surface area contributed by atoms with Gasteiger partial charge in [-0.3, -0.25) is 9.59 Å². The van der Waals surface area contributed by atoms with E-state index in [0.717, 1.165) is 23.5 Å². The van der Waals surface area contributed by atoms with Crippen molar-refractivity contribution >= 4 is 35.5 Å². The van der Waals surface area contributed by atoms with Crippen molar-refractivity contribution in [2.24, 2.45) is 11.5 Å². The number of hydrogen-bond acceptors (Lipinski definition) is 39. The molecule has 41 heteroatoms. The maximum atomic E-state index is 11.7. The number of aliphatic hydroxyl groups excluding tert-OH is 19. The highest BCUT2D eigenvalue weighted by atomic mass is 32.2. The molecule has 0 spiro atoms. The Kier molecular flexibility index (Phi) is 26.2. The van der Waals surface area contributed by atoms with Crippen LogP contribution in [0.3, 0.4) is 0 Å². The molecule has 37 atom stereocenters. The number of carboxylic acids is 2. The molecule has 21 fully saturated rings. The highest BCUT2D eigenvalue weighted by Gasteiger charge is 2.60. The first-order chi connectivity index (χ1) is 42.2. The normalized spacial score (nSPS) is 50.1. The van der Waals surface area contributed by atoms with Gasteiger partial charge >= 0.3 is 11.9 Å². The summed E-state index contributed by atoms with van der Waals surface area (Å²) in [7, 11) is 0. The van der Waals surface area contributed by atoms with E-state index in [1.807, 2.05) is 0 Å². The minimum Gasteiger partial charge on any atom is -0.480 e. The van der Waals surface area contributed by atoms with Crippen LogP contribution in [0.25, 0.3) is 0 Å². The van der Waals surface area contributed by atoms with E-state index in [9.17, 15) is 117 Å². The van der Waals surface area contributed by atoms with Crippen molar-refractivity contribution in [3.63, 3.8) is 0 Å². The monoisotopic (exact) mass is 1340 g/mol. The van der Waals surface area contributed by atoms with E-state index >= 15 is 0 Å². The van der Waals surface area contributed by atoms with E-state index < -0.39 is 284 Å². The van der Waals surface area contributed by atoms with Crippen molar-refractivity contribution in [1.82, 2.24) is 0 Å². The molecule has 25 N–H and O–H groups in total. The van der Waals surface area contributed by atoms with Crippen molar-refractivity contribution in [2.75, 3.05) is 56.0 Å². The van der Waals surface area contributed by atoms with Crippen LogP contribution >= 0.6 is 23.5 Å². The summed E-state index contributed by atoms with van der Waals surface area (Å²) in [6.07, 6.45) is -71.4. The number of ether oxygens (including phenoxy) is 14. The van der Waals surface area contributed by atoms with Crippen molar-refractivity contribution in [3.8, 4) is 0 Å². The van der Waals surface area contributed by atoms with Gasteiger partial charge in [-0.25, -0.2) is 0 Å². The molecule has 14 bridgehead atoms. The molecule has 89 heavy (non-hydrogen) atoms.